The van der Waals surface area contributed by atoms with E-state index < -0.39 is 5.82 Å². The van der Waals surface area contributed by atoms with Crippen LogP contribution in [-0.4, -0.2) is 81.4 Å². The summed E-state index contributed by atoms with van der Waals surface area (Å²) in [6, 6.07) is 14.1. The van der Waals surface area contributed by atoms with Gasteiger partial charge in [-0.25, -0.2) is 9.37 Å². The van der Waals surface area contributed by atoms with Crippen LogP contribution in [0.1, 0.15) is 25.7 Å². The third kappa shape index (κ3) is 4.26. The number of nitrogens with zero attached hydrogens (tertiary/aromatic N) is 6. The molecule has 10 heteroatoms. The standard InChI is InChI=1S/C27H23FN6O2S/c28-23-3-2-21(14-20(23)15-29)34-7-5-18-13-19(1-4-24(18)34)26(35)33-16-22(17-33)31-8-10-32(11-9-31)27(36)25-30-6-12-37-25/h1-7,12-14,22H,8-11,16-17H2. The second-order valence-corrected chi connectivity index (χ2v) is 10.2. The van der Waals surface area contributed by atoms with Gasteiger partial charge in [-0.05, 0) is 42.5 Å². The third-order valence-corrected chi connectivity index (χ3v) is 7.93. The molecule has 2 amide bonds. The lowest BCUT2D eigenvalue weighted by Gasteiger charge is -2.48. The highest BCUT2D eigenvalue weighted by molar-refractivity contribution is 7.11. The van der Waals surface area contributed by atoms with Gasteiger partial charge in [0.05, 0.1) is 11.1 Å². The molecular formula is C27H23FN6O2S. The van der Waals surface area contributed by atoms with Crippen molar-refractivity contribution in [1.82, 2.24) is 24.3 Å². The van der Waals surface area contributed by atoms with Gasteiger partial charge in [0.2, 0.25) is 0 Å². The van der Waals surface area contributed by atoms with Crippen molar-refractivity contribution in [1.29, 1.82) is 5.26 Å². The molecule has 4 aromatic rings. The molecule has 37 heavy (non-hydrogen) atoms. The van der Waals surface area contributed by atoms with E-state index in [1.807, 2.05) is 56.3 Å². The SMILES string of the molecule is N#Cc1cc(-n2ccc3cc(C(=O)N4CC(N5CCN(C(=O)c6nccs6)CC5)C4)ccc32)ccc1F. The predicted octanol–water partition coefficient (Wildman–Crippen LogP) is 3.38. The number of aromatic nitrogens is 2. The van der Waals surface area contributed by atoms with Crippen LogP contribution >= 0.6 is 11.3 Å². The first-order valence-electron chi connectivity index (χ1n) is 12.0. The zero-order valence-electron chi connectivity index (χ0n) is 19.9. The number of benzene rings is 2. The van der Waals surface area contributed by atoms with Crippen molar-refractivity contribution in [2.24, 2.45) is 0 Å². The van der Waals surface area contributed by atoms with Crippen molar-refractivity contribution in [3.63, 3.8) is 0 Å². The molecule has 2 saturated heterocycles. The lowest BCUT2D eigenvalue weighted by molar-refractivity contribution is 0.00854. The highest BCUT2D eigenvalue weighted by atomic mass is 32.1. The van der Waals surface area contributed by atoms with Gasteiger partial charge in [0.25, 0.3) is 11.8 Å². The third-order valence-electron chi connectivity index (χ3n) is 7.17. The fourth-order valence-corrected chi connectivity index (χ4v) is 5.64. The molecule has 8 nitrogen and oxygen atoms in total. The van der Waals surface area contributed by atoms with Gasteiger partial charge in [-0.15, -0.1) is 11.3 Å². The van der Waals surface area contributed by atoms with Crippen molar-refractivity contribution in [3.8, 4) is 11.8 Å². The maximum Gasteiger partial charge on any atom is 0.282 e. The van der Waals surface area contributed by atoms with Gasteiger partial charge >= 0.3 is 0 Å². The summed E-state index contributed by atoms with van der Waals surface area (Å²) in [5, 5.41) is 12.4. The Morgan fingerprint density at radius 2 is 1.81 bits per heavy atom. The van der Waals surface area contributed by atoms with Crippen molar-refractivity contribution < 1.29 is 14.0 Å². The summed E-state index contributed by atoms with van der Waals surface area (Å²) >= 11 is 1.36. The number of thiazole rings is 1. The van der Waals surface area contributed by atoms with Gasteiger partial charge in [0.1, 0.15) is 11.9 Å². The molecule has 186 valence electrons. The van der Waals surface area contributed by atoms with E-state index in [-0.39, 0.29) is 17.4 Å². The predicted molar refractivity (Wildman–Crippen MR) is 137 cm³/mol. The van der Waals surface area contributed by atoms with Crippen LogP contribution in [0.2, 0.25) is 0 Å². The first kappa shape index (κ1) is 23.3. The number of carbonyl (C=O) groups excluding carboxylic acids is 2. The van der Waals surface area contributed by atoms with Gasteiger partial charge in [-0.1, -0.05) is 0 Å². The van der Waals surface area contributed by atoms with Crippen molar-refractivity contribution in [2.45, 2.75) is 6.04 Å². The summed E-state index contributed by atoms with van der Waals surface area (Å²) in [4.78, 5) is 35.8. The van der Waals surface area contributed by atoms with Crippen LogP contribution < -0.4 is 0 Å². The van der Waals surface area contributed by atoms with Gasteiger partial charge in [0.15, 0.2) is 5.01 Å². The molecule has 0 aliphatic carbocycles. The van der Waals surface area contributed by atoms with Crippen molar-refractivity contribution in [2.75, 3.05) is 39.3 Å². The summed E-state index contributed by atoms with van der Waals surface area (Å²) in [6.45, 7) is 4.26. The average Bonchev–Trinajstić information content (AvgIpc) is 3.58. The fourth-order valence-electron chi connectivity index (χ4n) is 5.04. The number of fused-ring (bicyclic) bond motifs is 1. The second-order valence-electron chi connectivity index (χ2n) is 9.26. The van der Waals surface area contributed by atoms with E-state index in [2.05, 4.69) is 9.88 Å². The summed E-state index contributed by atoms with van der Waals surface area (Å²) in [5.74, 6) is -0.555. The Labute approximate surface area is 216 Å². The second kappa shape index (κ2) is 9.42. The lowest BCUT2D eigenvalue weighted by atomic mass is 10.0. The number of carbonyl (C=O) groups is 2. The number of piperazine rings is 1. The number of nitriles is 1. The van der Waals surface area contributed by atoms with Crippen LogP contribution in [0.3, 0.4) is 0 Å². The van der Waals surface area contributed by atoms with E-state index in [0.29, 0.717) is 48.5 Å². The monoisotopic (exact) mass is 514 g/mol. The molecule has 0 saturated carbocycles. The van der Waals surface area contributed by atoms with Gasteiger partial charge in [0, 0.05) is 79.7 Å². The summed E-state index contributed by atoms with van der Waals surface area (Å²) in [7, 11) is 0. The maximum absolute atomic E-state index is 13.7. The Morgan fingerprint density at radius 3 is 2.54 bits per heavy atom. The minimum Gasteiger partial charge on any atom is -0.335 e. The Balaban J connectivity index is 1.08. The molecular weight excluding hydrogens is 491 g/mol. The molecule has 6 rings (SSSR count). The quantitative estimate of drug-likeness (QED) is 0.417. The largest absolute Gasteiger partial charge is 0.335 e. The highest BCUT2D eigenvalue weighted by Crippen LogP contribution is 2.26. The molecule has 4 heterocycles. The van der Waals surface area contributed by atoms with Crippen LogP contribution in [0.5, 0.6) is 0 Å². The van der Waals surface area contributed by atoms with E-state index in [9.17, 15) is 14.0 Å². The van der Waals surface area contributed by atoms with Crippen LogP contribution in [0.25, 0.3) is 16.6 Å². The molecule has 0 atom stereocenters. The first-order valence-corrected chi connectivity index (χ1v) is 12.9. The Bertz CT molecular complexity index is 1530. The molecule has 0 spiro atoms. The molecule has 2 aromatic heterocycles. The molecule has 2 aliphatic heterocycles. The summed E-state index contributed by atoms with van der Waals surface area (Å²) in [5.41, 5.74) is 2.18. The molecule has 2 aromatic carbocycles. The topological polar surface area (TPSA) is 85.5 Å². The number of halogens is 1. The van der Waals surface area contributed by atoms with Crippen LogP contribution in [0, 0.1) is 17.1 Å². The van der Waals surface area contributed by atoms with Gasteiger partial charge < -0.3 is 14.4 Å². The molecule has 0 bridgehead atoms. The molecule has 2 aliphatic rings. The minimum absolute atomic E-state index is 0.00275. The van der Waals surface area contributed by atoms with Crippen LogP contribution in [-0.2, 0) is 0 Å². The van der Waals surface area contributed by atoms with Gasteiger partial charge in [-0.3, -0.25) is 14.5 Å². The maximum atomic E-state index is 13.7. The van der Waals surface area contributed by atoms with E-state index in [0.717, 1.165) is 24.0 Å². The number of hydrogen-bond donors (Lipinski definition) is 0. The lowest BCUT2D eigenvalue weighted by Crippen LogP contribution is -2.64. The normalized spacial score (nSPS) is 16.5. The fraction of sp³-hybridized carbons (Fsp3) is 0.259. The van der Waals surface area contributed by atoms with Crippen LogP contribution in [0.4, 0.5) is 4.39 Å². The smallest absolute Gasteiger partial charge is 0.282 e. The first-order chi connectivity index (χ1) is 18.0. The zero-order valence-corrected chi connectivity index (χ0v) is 20.7. The number of amides is 2. The number of likely N-dealkylation sites (tertiary alicyclic amines) is 1. The zero-order chi connectivity index (χ0) is 25.5. The van der Waals surface area contributed by atoms with Crippen molar-refractivity contribution in [3.05, 3.63) is 82.2 Å². The molecule has 2 fully saturated rings. The number of rotatable bonds is 4. The van der Waals surface area contributed by atoms with E-state index >= 15 is 0 Å². The van der Waals surface area contributed by atoms with Crippen molar-refractivity contribution >= 4 is 34.1 Å². The Hall–Kier alpha value is -4.07. The number of hydrogen-bond acceptors (Lipinski definition) is 6. The molecule has 0 radical (unpaired) electrons. The molecule has 0 N–H and O–H groups in total. The summed E-state index contributed by atoms with van der Waals surface area (Å²) < 4.78 is 15.6. The van der Waals surface area contributed by atoms with Crippen LogP contribution in [0.15, 0.2) is 60.2 Å². The van der Waals surface area contributed by atoms with Gasteiger partial charge in [-0.2, -0.15) is 5.26 Å². The average molecular weight is 515 g/mol. The van der Waals surface area contributed by atoms with E-state index in [1.165, 1.54) is 23.5 Å². The van der Waals surface area contributed by atoms with E-state index in [4.69, 9.17) is 5.26 Å². The Morgan fingerprint density at radius 1 is 1.00 bits per heavy atom. The van der Waals surface area contributed by atoms with E-state index in [1.54, 1.807) is 12.3 Å². The molecule has 0 unspecified atom stereocenters. The Kier molecular flexibility index (Phi) is 5.94. The minimum atomic E-state index is -0.547. The highest BCUT2D eigenvalue weighted by Gasteiger charge is 2.37. The summed E-state index contributed by atoms with van der Waals surface area (Å²) in [6.07, 6.45) is 3.50.